The summed E-state index contributed by atoms with van der Waals surface area (Å²) in [5.41, 5.74) is 0. The minimum Gasteiger partial charge on any atom is -0.468 e. The number of furan rings is 1. The highest BCUT2D eigenvalue weighted by Crippen LogP contribution is 2.24. The molecule has 1 unspecified atom stereocenters. The molecule has 2 N–H and O–H groups in total. The van der Waals surface area contributed by atoms with Crippen molar-refractivity contribution in [3.63, 3.8) is 0 Å². The second-order valence-electron chi connectivity index (χ2n) is 6.18. The molecule has 0 amide bonds. The van der Waals surface area contributed by atoms with Gasteiger partial charge in [-0.15, -0.1) is 0 Å². The molecule has 136 valence electrons. The summed E-state index contributed by atoms with van der Waals surface area (Å²) in [4.78, 5) is 9.24. The van der Waals surface area contributed by atoms with E-state index >= 15 is 0 Å². The Bertz CT molecular complexity index is 464. The van der Waals surface area contributed by atoms with E-state index in [2.05, 4.69) is 45.3 Å². The van der Waals surface area contributed by atoms with Crippen LogP contribution in [0.5, 0.6) is 0 Å². The molecule has 0 bridgehead atoms. The molecule has 1 fully saturated rings. The summed E-state index contributed by atoms with van der Waals surface area (Å²) in [5, 5.41) is 6.87. The first-order chi connectivity index (χ1) is 11.8. The Hall–Kier alpha value is -1.53. The Labute approximate surface area is 146 Å². The van der Waals surface area contributed by atoms with Crippen LogP contribution in [0.15, 0.2) is 27.8 Å². The van der Waals surface area contributed by atoms with E-state index in [-0.39, 0.29) is 6.04 Å². The molecule has 1 aromatic heterocycles. The summed E-state index contributed by atoms with van der Waals surface area (Å²) >= 11 is 0. The van der Waals surface area contributed by atoms with Gasteiger partial charge in [0.05, 0.1) is 12.3 Å². The average Bonchev–Trinajstić information content (AvgIpc) is 3.31. The predicted octanol–water partition coefficient (Wildman–Crippen LogP) is 1.92. The molecular weight excluding hydrogens is 302 g/mol. The molecule has 0 spiro atoms. The Kier molecular flexibility index (Phi) is 8.12. The van der Waals surface area contributed by atoms with Gasteiger partial charge in [0.15, 0.2) is 5.96 Å². The highest BCUT2D eigenvalue weighted by atomic mass is 16.3. The van der Waals surface area contributed by atoms with Gasteiger partial charge < -0.3 is 20.0 Å². The van der Waals surface area contributed by atoms with Crippen LogP contribution in [0, 0.1) is 0 Å². The van der Waals surface area contributed by atoms with E-state index in [0.29, 0.717) is 0 Å². The van der Waals surface area contributed by atoms with E-state index < -0.39 is 0 Å². The maximum absolute atomic E-state index is 5.67. The third-order valence-corrected chi connectivity index (χ3v) is 4.75. The molecule has 1 saturated heterocycles. The summed E-state index contributed by atoms with van der Waals surface area (Å²) in [6, 6.07) is 4.31. The first-order valence-corrected chi connectivity index (χ1v) is 9.22. The number of likely N-dealkylation sites (tertiary alicyclic amines) is 1. The lowest BCUT2D eigenvalue weighted by Crippen LogP contribution is -2.44. The maximum atomic E-state index is 5.67. The van der Waals surface area contributed by atoms with Crippen molar-refractivity contribution >= 4 is 5.96 Å². The fourth-order valence-corrected chi connectivity index (χ4v) is 3.23. The SMILES string of the molecule is CCN(CC)CCNC(=NC)NCC(c1ccco1)N1CCCC1. The van der Waals surface area contributed by atoms with Crippen LogP contribution >= 0.6 is 0 Å². The van der Waals surface area contributed by atoms with Gasteiger partial charge >= 0.3 is 0 Å². The third kappa shape index (κ3) is 5.53. The molecular formula is C18H33N5O. The Balaban J connectivity index is 1.83. The Morgan fingerprint density at radius 1 is 1.29 bits per heavy atom. The number of rotatable bonds is 9. The van der Waals surface area contributed by atoms with Crippen LogP contribution < -0.4 is 10.6 Å². The summed E-state index contributed by atoms with van der Waals surface area (Å²) in [6.45, 7) is 11.6. The van der Waals surface area contributed by atoms with E-state index in [4.69, 9.17) is 4.42 Å². The number of likely N-dealkylation sites (N-methyl/N-ethyl adjacent to an activating group) is 1. The summed E-state index contributed by atoms with van der Waals surface area (Å²) in [6.07, 6.45) is 4.30. The molecule has 1 aliphatic rings. The van der Waals surface area contributed by atoms with Crippen molar-refractivity contribution in [1.82, 2.24) is 20.4 Å². The van der Waals surface area contributed by atoms with E-state index in [1.54, 1.807) is 6.26 Å². The monoisotopic (exact) mass is 335 g/mol. The Morgan fingerprint density at radius 3 is 2.62 bits per heavy atom. The van der Waals surface area contributed by atoms with Gasteiger partial charge in [0.25, 0.3) is 0 Å². The minimum atomic E-state index is 0.267. The number of nitrogens with one attached hydrogen (secondary N) is 2. The fourth-order valence-electron chi connectivity index (χ4n) is 3.23. The zero-order chi connectivity index (χ0) is 17.2. The lowest BCUT2D eigenvalue weighted by molar-refractivity contribution is 0.215. The lowest BCUT2D eigenvalue weighted by Gasteiger charge is -2.27. The van der Waals surface area contributed by atoms with Gasteiger partial charge in [-0.25, -0.2) is 0 Å². The van der Waals surface area contributed by atoms with Gasteiger partial charge in [0, 0.05) is 26.7 Å². The number of hydrogen-bond donors (Lipinski definition) is 2. The van der Waals surface area contributed by atoms with Gasteiger partial charge in [-0.05, 0) is 51.2 Å². The van der Waals surface area contributed by atoms with Crippen LogP contribution in [0.2, 0.25) is 0 Å². The van der Waals surface area contributed by atoms with Crippen molar-refractivity contribution in [1.29, 1.82) is 0 Å². The van der Waals surface area contributed by atoms with Crippen molar-refractivity contribution in [2.45, 2.75) is 32.7 Å². The highest BCUT2D eigenvalue weighted by molar-refractivity contribution is 5.79. The first-order valence-electron chi connectivity index (χ1n) is 9.22. The quantitative estimate of drug-likeness (QED) is 0.533. The van der Waals surface area contributed by atoms with Crippen molar-refractivity contribution in [2.24, 2.45) is 4.99 Å². The molecule has 24 heavy (non-hydrogen) atoms. The molecule has 2 heterocycles. The molecule has 1 atom stereocenters. The molecule has 0 aliphatic carbocycles. The summed E-state index contributed by atoms with van der Waals surface area (Å²) in [7, 11) is 1.82. The summed E-state index contributed by atoms with van der Waals surface area (Å²) in [5.74, 6) is 1.89. The number of aliphatic imine (C=N–C) groups is 1. The van der Waals surface area contributed by atoms with E-state index in [0.717, 1.165) is 57.5 Å². The Morgan fingerprint density at radius 2 is 2.04 bits per heavy atom. The van der Waals surface area contributed by atoms with Gasteiger partial charge in [-0.2, -0.15) is 0 Å². The maximum Gasteiger partial charge on any atom is 0.191 e. The molecule has 1 aliphatic heterocycles. The van der Waals surface area contributed by atoms with Gasteiger partial charge in [0.1, 0.15) is 5.76 Å². The number of guanidine groups is 1. The largest absolute Gasteiger partial charge is 0.468 e. The average molecular weight is 335 g/mol. The summed E-state index contributed by atoms with van der Waals surface area (Å²) < 4.78 is 5.67. The normalized spacial score (nSPS) is 17.4. The van der Waals surface area contributed by atoms with Crippen molar-refractivity contribution in [3.05, 3.63) is 24.2 Å². The predicted molar refractivity (Wildman–Crippen MR) is 99.4 cm³/mol. The topological polar surface area (TPSA) is 56.0 Å². The van der Waals surface area contributed by atoms with Gasteiger partial charge in [-0.1, -0.05) is 13.8 Å². The van der Waals surface area contributed by atoms with E-state index in [9.17, 15) is 0 Å². The molecule has 6 heteroatoms. The second kappa shape index (κ2) is 10.4. The first kappa shape index (κ1) is 18.8. The second-order valence-corrected chi connectivity index (χ2v) is 6.18. The lowest BCUT2D eigenvalue weighted by atomic mass is 10.2. The number of hydrogen-bond acceptors (Lipinski definition) is 4. The zero-order valence-electron chi connectivity index (χ0n) is 15.4. The zero-order valence-corrected chi connectivity index (χ0v) is 15.4. The fraction of sp³-hybridized carbons (Fsp3) is 0.722. The smallest absolute Gasteiger partial charge is 0.191 e. The molecule has 2 rings (SSSR count). The van der Waals surface area contributed by atoms with Crippen molar-refractivity contribution in [3.8, 4) is 0 Å². The molecule has 1 aromatic rings. The molecule has 6 nitrogen and oxygen atoms in total. The van der Waals surface area contributed by atoms with Gasteiger partial charge in [0.2, 0.25) is 0 Å². The van der Waals surface area contributed by atoms with Crippen LogP contribution in [0.1, 0.15) is 38.5 Å². The van der Waals surface area contributed by atoms with E-state index in [1.165, 1.54) is 12.8 Å². The van der Waals surface area contributed by atoms with Gasteiger partial charge in [-0.3, -0.25) is 9.89 Å². The molecule has 0 aromatic carbocycles. The van der Waals surface area contributed by atoms with Crippen LogP contribution in [0.4, 0.5) is 0 Å². The third-order valence-electron chi connectivity index (χ3n) is 4.75. The minimum absolute atomic E-state index is 0.267. The molecule has 0 radical (unpaired) electrons. The van der Waals surface area contributed by atoms with Crippen LogP contribution in [0.3, 0.4) is 0 Å². The van der Waals surface area contributed by atoms with E-state index in [1.807, 2.05) is 13.1 Å². The van der Waals surface area contributed by atoms with Crippen molar-refractivity contribution < 1.29 is 4.42 Å². The van der Waals surface area contributed by atoms with Crippen LogP contribution in [-0.2, 0) is 0 Å². The van der Waals surface area contributed by atoms with Crippen LogP contribution in [0.25, 0.3) is 0 Å². The van der Waals surface area contributed by atoms with Crippen LogP contribution in [-0.4, -0.2) is 68.6 Å². The standard InChI is InChI=1S/C18H33N5O/c1-4-22(5-2)13-10-20-18(19-3)21-15-16(17-9-8-14-24-17)23-11-6-7-12-23/h8-9,14,16H,4-7,10-13,15H2,1-3H3,(H2,19,20,21). The molecule has 0 saturated carbocycles. The highest BCUT2D eigenvalue weighted by Gasteiger charge is 2.25. The van der Waals surface area contributed by atoms with Crippen molar-refractivity contribution in [2.75, 3.05) is 52.9 Å². The number of nitrogens with zero attached hydrogens (tertiary/aromatic N) is 3.